The molecule has 3 heterocycles. The van der Waals surface area contributed by atoms with Gasteiger partial charge in [0, 0.05) is 37.6 Å². The van der Waals surface area contributed by atoms with Crippen LogP contribution >= 0.6 is 0 Å². The van der Waals surface area contributed by atoms with Crippen molar-refractivity contribution in [3.05, 3.63) is 74.4 Å². The third kappa shape index (κ3) is 3.31. The van der Waals surface area contributed by atoms with Crippen molar-refractivity contribution in [2.24, 2.45) is 14.1 Å². The van der Waals surface area contributed by atoms with Gasteiger partial charge in [-0.3, -0.25) is 18.7 Å². The Morgan fingerprint density at radius 1 is 1.19 bits per heavy atom. The number of carbonyl (C=O) groups excluding carboxylic acids is 1. The summed E-state index contributed by atoms with van der Waals surface area (Å²) in [6.07, 6.45) is 3.34. The van der Waals surface area contributed by atoms with Gasteiger partial charge in [-0.15, -0.1) is 0 Å². The van der Waals surface area contributed by atoms with Gasteiger partial charge in [-0.25, -0.2) is 14.5 Å². The van der Waals surface area contributed by atoms with Crippen LogP contribution in [0.15, 0.2) is 46.2 Å². The van der Waals surface area contributed by atoms with Crippen molar-refractivity contribution in [2.75, 3.05) is 0 Å². The summed E-state index contributed by atoms with van der Waals surface area (Å²) in [6, 6.07) is 6.29. The zero-order valence-electron chi connectivity index (χ0n) is 15.5. The van der Waals surface area contributed by atoms with Crippen LogP contribution < -0.4 is 16.6 Å². The molecule has 0 aliphatic carbocycles. The van der Waals surface area contributed by atoms with E-state index in [0.717, 1.165) is 26.5 Å². The lowest BCUT2D eigenvalue weighted by Gasteiger charge is -2.15. The number of pyridine rings is 1. The summed E-state index contributed by atoms with van der Waals surface area (Å²) < 4.78 is 3.78. The second-order valence-corrected chi connectivity index (χ2v) is 6.25. The molecule has 1 atom stereocenters. The molecule has 0 bridgehead atoms. The van der Waals surface area contributed by atoms with E-state index in [1.165, 1.54) is 14.1 Å². The third-order valence-electron chi connectivity index (χ3n) is 4.49. The maximum absolute atomic E-state index is 12.6. The minimum absolute atomic E-state index is 0.00437. The normalized spacial score (nSPS) is 12.0. The molecular formula is C18H20N6O3. The molecule has 140 valence electrons. The zero-order chi connectivity index (χ0) is 19.7. The molecule has 0 saturated heterocycles. The summed E-state index contributed by atoms with van der Waals surface area (Å²) >= 11 is 0. The largest absolute Gasteiger partial charge is 0.344 e. The molecule has 0 aliphatic heterocycles. The van der Waals surface area contributed by atoms with Crippen molar-refractivity contribution in [1.82, 2.24) is 29.2 Å². The highest BCUT2D eigenvalue weighted by atomic mass is 16.2. The van der Waals surface area contributed by atoms with Gasteiger partial charge < -0.3 is 5.32 Å². The molecular weight excluding hydrogens is 348 g/mol. The van der Waals surface area contributed by atoms with E-state index < -0.39 is 17.2 Å². The molecule has 0 saturated carbocycles. The van der Waals surface area contributed by atoms with E-state index in [-0.39, 0.29) is 11.7 Å². The molecule has 27 heavy (non-hydrogen) atoms. The van der Waals surface area contributed by atoms with Gasteiger partial charge in [0.15, 0.2) is 5.82 Å². The van der Waals surface area contributed by atoms with Crippen LogP contribution in [0.25, 0.3) is 5.82 Å². The minimum atomic E-state index is -0.556. The molecule has 0 aromatic carbocycles. The number of carbonyl (C=O) groups is 1. The predicted molar refractivity (Wildman–Crippen MR) is 98.9 cm³/mol. The van der Waals surface area contributed by atoms with Gasteiger partial charge in [0.2, 0.25) is 0 Å². The van der Waals surface area contributed by atoms with E-state index in [0.29, 0.717) is 5.82 Å². The molecule has 3 aromatic rings. The quantitative estimate of drug-likeness (QED) is 0.721. The molecule has 9 heteroatoms. The number of amides is 1. The lowest BCUT2D eigenvalue weighted by Crippen LogP contribution is -2.41. The van der Waals surface area contributed by atoms with Gasteiger partial charge in [-0.05, 0) is 26.0 Å². The number of nitrogens with zero attached hydrogens (tertiary/aromatic N) is 5. The van der Waals surface area contributed by atoms with Crippen molar-refractivity contribution < 1.29 is 4.79 Å². The zero-order valence-corrected chi connectivity index (χ0v) is 15.5. The second kappa shape index (κ2) is 7.02. The second-order valence-electron chi connectivity index (χ2n) is 6.25. The highest BCUT2D eigenvalue weighted by molar-refractivity contribution is 5.92. The monoisotopic (exact) mass is 368 g/mol. The summed E-state index contributed by atoms with van der Waals surface area (Å²) in [5.41, 5.74) is 0.557. The van der Waals surface area contributed by atoms with E-state index in [9.17, 15) is 14.4 Å². The predicted octanol–water partition coefficient (Wildman–Crippen LogP) is 0.464. The Kier molecular flexibility index (Phi) is 4.76. The van der Waals surface area contributed by atoms with E-state index >= 15 is 0 Å². The van der Waals surface area contributed by atoms with E-state index in [2.05, 4.69) is 15.4 Å². The van der Waals surface area contributed by atoms with Crippen molar-refractivity contribution in [3.63, 3.8) is 0 Å². The van der Waals surface area contributed by atoms with Crippen LogP contribution in [0.3, 0.4) is 0 Å². The van der Waals surface area contributed by atoms with Crippen LogP contribution in [-0.2, 0) is 14.1 Å². The molecule has 0 spiro atoms. The van der Waals surface area contributed by atoms with Crippen LogP contribution in [0.1, 0.15) is 34.7 Å². The Morgan fingerprint density at radius 2 is 1.93 bits per heavy atom. The van der Waals surface area contributed by atoms with Crippen molar-refractivity contribution in [3.8, 4) is 5.82 Å². The van der Waals surface area contributed by atoms with Crippen molar-refractivity contribution >= 4 is 5.91 Å². The standard InChI is InChI=1S/C18H20N6O3/c1-11(13-10-20-24(12(13)2)15-7-5-6-8-19-15)21-17(26)14-9-16(25)23(4)18(27)22(14)3/h5-11H,1-4H3,(H,21,26)/t11-/m0/s1. The fraction of sp³-hybridized carbons (Fsp3) is 0.278. The van der Waals surface area contributed by atoms with Crippen LogP contribution in [-0.4, -0.2) is 29.8 Å². The highest BCUT2D eigenvalue weighted by Gasteiger charge is 2.20. The number of aromatic nitrogens is 5. The molecule has 1 N–H and O–H groups in total. The van der Waals surface area contributed by atoms with Gasteiger partial charge in [0.1, 0.15) is 5.69 Å². The van der Waals surface area contributed by atoms with Gasteiger partial charge in [0.25, 0.3) is 11.5 Å². The number of hydrogen-bond acceptors (Lipinski definition) is 5. The van der Waals surface area contributed by atoms with Crippen LogP contribution in [0.2, 0.25) is 0 Å². The molecule has 3 rings (SSSR count). The Hall–Kier alpha value is -3.49. The van der Waals surface area contributed by atoms with Crippen molar-refractivity contribution in [1.29, 1.82) is 0 Å². The molecule has 0 unspecified atom stereocenters. The maximum Gasteiger partial charge on any atom is 0.331 e. The van der Waals surface area contributed by atoms with Crippen LogP contribution in [0, 0.1) is 6.92 Å². The fourth-order valence-corrected chi connectivity index (χ4v) is 2.86. The lowest BCUT2D eigenvalue weighted by molar-refractivity contribution is 0.0929. The Bertz CT molecular complexity index is 1110. The third-order valence-corrected chi connectivity index (χ3v) is 4.49. The molecule has 0 fully saturated rings. The van der Waals surface area contributed by atoms with Gasteiger partial charge in [0.05, 0.1) is 12.2 Å². The smallest absolute Gasteiger partial charge is 0.331 e. The molecule has 0 radical (unpaired) electrons. The van der Waals surface area contributed by atoms with Crippen LogP contribution in [0.5, 0.6) is 0 Å². The topological polar surface area (TPSA) is 104 Å². The average molecular weight is 368 g/mol. The first-order valence-electron chi connectivity index (χ1n) is 8.35. The Morgan fingerprint density at radius 3 is 2.59 bits per heavy atom. The molecule has 1 amide bonds. The number of hydrogen-bond donors (Lipinski definition) is 1. The molecule has 9 nitrogen and oxygen atoms in total. The highest BCUT2D eigenvalue weighted by Crippen LogP contribution is 2.19. The van der Waals surface area contributed by atoms with E-state index in [4.69, 9.17) is 0 Å². The van der Waals surface area contributed by atoms with Gasteiger partial charge >= 0.3 is 5.69 Å². The Labute approximate surface area is 154 Å². The number of nitrogens with one attached hydrogen (secondary N) is 1. The SMILES string of the molecule is Cc1c([C@H](C)NC(=O)c2cc(=O)n(C)c(=O)n2C)cnn1-c1ccccn1. The Balaban J connectivity index is 1.88. The van der Waals surface area contributed by atoms with E-state index in [1.807, 2.05) is 32.0 Å². The fourth-order valence-electron chi connectivity index (χ4n) is 2.86. The van der Waals surface area contributed by atoms with Crippen molar-refractivity contribution in [2.45, 2.75) is 19.9 Å². The van der Waals surface area contributed by atoms with Gasteiger partial charge in [-0.1, -0.05) is 6.07 Å². The lowest BCUT2D eigenvalue weighted by atomic mass is 10.1. The summed E-state index contributed by atoms with van der Waals surface area (Å²) in [7, 11) is 2.82. The van der Waals surface area contributed by atoms with Gasteiger partial charge in [-0.2, -0.15) is 5.10 Å². The number of rotatable bonds is 4. The summed E-state index contributed by atoms with van der Waals surface area (Å²) in [5, 5.41) is 7.15. The van der Waals surface area contributed by atoms with E-state index in [1.54, 1.807) is 17.1 Å². The summed E-state index contributed by atoms with van der Waals surface area (Å²) in [5.74, 6) is 0.165. The minimum Gasteiger partial charge on any atom is -0.344 e. The summed E-state index contributed by atoms with van der Waals surface area (Å²) in [6.45, 7) is 3.69. The summed E-state index contributed by atoms with van der Waals surface area (Å²) in [4.78, 5) is 40.7. The first kappa shape index (κ1) is 18.3. The average Bonchev–Trinajstić information content (AvgIpc) is 3.05. The molecule has 0 aliphatic rings. The van der Waals surface area contributed by atoms with Crippen LogP contribution in [0.4, 0.5) is 0 Å². The first-order chi connectivity index (χ1) is 12.8. The maximum atomic E-state index is 12.6. The first-order valence-corrected chi connectivity index (χ1v) is 8.35. The molecule has 3 aromatic heterocycles.